The molecule has 0 saturated carbocycles. The van der Waals surface area contributed by atoms with E-state index in [1.807, 2.05) is 56.3 Å². The summed E-state index contributed by atoms with van der Waals surface area (Å²) in [6.07, 6.45) is 0.781. The molecule has 1 aliphatic carbocycles. The van der Waals surface area contributed by atoms with Crippen molar-refractivity contribution in [2.24, 2.45) is 5.41 Å². The molecule has 0 spiro atoms. The number of carbonyl (C=O) groups excluding carboxylic acids is 2. The number of rotatable bonds is 3. The van der Waals surface area contributed by atoms with Crippen LogP contribution in [0.4, 0.5) is 0 Å². The second-order valence-corrected chi connectivity index (χ2v) is 6.29. The van der Waals surface area contributed by atoms with Crippen molar-refractivity contribution in [1.29, 1.82) is 0 Å². The third-order valence-electron chi connectivity index (χ3n) is 4.82. The van der Waals surface area contributed by atoms with Gasteiger partial charge in [0.1, 0.15) is 5.41 Å². The quantitative estimate of drug-likeness (QED) is 0.644. The van der Waals surface area contributed by atoms with Gasteiger partial charge in [-0.3, -0.25) is 9.59 Å². The number of carbonyl (C=O) groups is 2. The van der Waals surface area contributed by atoms with E-state index >= 15 is 0 Å². The second-order valence-electron chi connectivity index (χ2n) is 6.29. The molecule has 118 valence electrons. The van der Waals surface area contributed by atoms with Gasteiger partial charge in [-0.1, -0.05) is 42.5 Å². The molecule has 2 aromatic carbocycles. The van der Waals surface area contributed by atoms with Crippen LogP contribution in [0.5, 0.6) is 0 Å². The van der Waals surface area contributed by atoms with Crippen molar-refractivity contribution in [1.82, 2.24) is 0 Å². The maximum Gasteiger partial charge on any atom is 0.320 e. The minimum Gasteiger partial charge on any atom is -0.468 e. The molecule has 0 aromatic heterocycles. The van der Waals surface area contributed by atoms with Gasteiger partial charge in [-0.2, -0.15) is 0 Å². The summed E-state index contributed by atoms with van der Waals surface area (Å²) in [4.78, 5) is 25.8. The summed E-state index contributed by atoms with van der Waals surface area (Å²) in [6.45, 7) is 3.91. The van der Waals surface area contributed by atoms with Gasteiger partial charge in [0.15, 0.2) is 5.78 Å². The average Bonchev–Trinajstić information content (AvgIpc) is 2.86. The van der Waals surface area contributed by atoms with Crippen LogP contribution in [0.25, 0.3) is 0 Å². The zero-order valence-corrected chi connectivity index (χ0v) is 13.7. The third kappa shape index (κ3) is 2.37. The molecule has 0 heterocycles. The lowest BCUT2D eigenvalue weighted by Crippen LogP contribution is -2.40. The molecule has 0 fully saturated rings. The Kier molecular flexibility index (Phi) is 3.80. The summed E-state index contributed by atoms with van der Waals surface area (Å²) in [7, 11) is 1.35. The lowest BCUT2D eigenvalue weighted by Gasteiger charge is -2.24. The topological polar surface area (TPSA) is 43.4 Å². The van der Waals surface area contributed by atoms with Crippen molar-refractivity contribution < 1.29 is 14.3 Å². The van der Waals surface area contributed by atoms with Gasteiger partial charge in [-0.05, 0) is 48.9 Å². The van der Waals surface area contributed by atoms with Gasteiger partial charge in [0.2, 0.25) is 0 Å². The number of aryl methyl sites for hydroxylation is 2. The first-order chi connectivity index (χ1) is 11.0. The SMILES string of the molecule is COC(=O)[C@@]1(Cc2ccccc2)Cc2c(C)ccc(C)c2C1=O. The molecule has 0 saturated heterocycles. The van der Waals surface area contributed by atoms with E-state index in [9.17, 15) is 9.59 Å². The number of esters is 1. The van der Waals surface area contributed by atoms with E-state index in [0.29, 0.717) is 18.4 Å². The molecule has 23 heavy (non-hydrogen) atoms. The minimum atomic E-state index is -1.14. The van der Waals surface area contributed by atoms with Crippen molar-refractivity contribution in [3.05, 3.63) is 70.3 Å². The van der Waals surface area contributed by atoms with Gasteiger partial charge in [0.05, 0.1) is 7.11 Å². The summed E-state index contributed by atoms with van der Waals surface area (Å²) in [5, 5.41) is 0. The Labute approximate surface area is 136 Å². The molecule has 0 bridgehead atoms. The highest BCUT2D eigenvalue weighted by Crippen LogP contribution is 2.43. The number of methoxy groups -OCH3 is 1. The summed E-state index contributed by atoms with van der Waals surface area (Å²) < 4.78 is 5.03. The predicted octanol–water partition coefficient (Wildman–Crippen LogP) is 3.44. The number of hydrogen-bond donors (Lipinski definition) is 0. The largest absolute Gasteiger partial charge is 0.468 e. The maximum absolute atomic E-state index is 13.2. The van der Waals surface area contributed by atoms with Gasteiger partial charge >= 0.3 is 5.97 Å². The number of Topliss-reactive ketones (excluding diaryl/α,β-unsaturated/α-hetero) is 1. The molecule has 0 radical (unpaired) electrons. The first kappa shape index (κ1) is 15.5. The highest BCUT2D eigenvalue weighted by molar-refractivity contribution is 6.17. The van der Waals surface area contributed by atoms with Gasteiger partial charge in [0, 0.05) is 5.56 Å². The van der Waals surface area contributed by atoms with Crippen LogP contribution in [0.3, 0.4) is 0 Å². The van der Waals surface area contributed by atoms with Gasteiger partial charge in [-0.25, -0.2) is 0 Å². The summed E-state index contributed by atoms with van der Waals surface area (Å²) in [6, 6.07) is 13.6. The molecule has 0 amide bonds. The zero-order chi connectivity index (χ0) is 16.6. The molecule has 1 aliphatic rings. The molecule has 0 N–H and O–H groups in total. The van der Waals surface area contributed by atoms with E-state index in [0.717, 1.165) is 22.3 Å². The fourth-order valence-electron chi connectivity index (χ4n) is 3.55. The van der Waals surface area contributed by atoms with Gasteiger partial charge < -0.3 is 4.74 Å². The Balaban J connectivity index is 2.13. The fourth-order valence-corrected chi connectivity index (χ4v) is 3.55. The first-order valence-corrected chi connectivity index (χ1v) is 7.76. The number of hydrogen-bond acceptors (Lipinski definition) is 3. The third-order valence-corrected chi connectivity index (χ3v) is 4.82. The molecule has 3 heteroatoms. The molecule has 0 aliphatic heterocycles. The van der Waals surface area contributed by atoms with Crippen LogP contribution in [0.15, 0.2) is 42.5 Å². The summed E-state index contributed by atoms with van der Waals surface area (Å²) in [5.74, 6) is -0.550. The number of ether oxygens (including phenoxy) is 1. The zero-order valence-electron chi connectivity index (χ0n) is 13.7. The molecular weight excluding hydrogens is 288 g/mol. The predicted molar refractivity (Wildman–Crippen MR) is 88.5 cm³/mol. The molecule has 3 nitrogen and oxygen atoms in total. The lowest BCUT2D eigenvalue weighted by atomic mass is 9.77. The fraction of sp³-hybridized carbons (Fsp3) is 0.300. The van der Waals surface area contributed by atoms with Crippen molar-refractivity contribution in [3.8, 4) is 0 Å². The van der Waals surface area contributed by atoms with Crippen molar-refractivity contribution in [2.45, 2.75) is 26.7 Å². The number of ketones is 1. The van der Waals surface area contributed by atoms with Gasteiger partial charge in [0.25, 0.3) is 0 Å². The van der Waals surface area contributed by atoms with E-state index in [4.69, 9.17) is 4.74 Å². The van der Waals surface area contributed by atoms with Crippen molar-refractivity contribution in [2.75, 3.05) is 7.11 Å². The Morgan fingerprint density at radius 3 is 2.35 bits per heavy atom. The Hall–Kier alpha value is -2.42. The van der Waals surface area contributed by atoms with E-state index in [-0.39, 0.29) is 5.78 Å². The summed E-state index contributed by atoms with van der Waals surface area (Å²) >= 11 is 0. The molecule has 2 aromatic rings. The molecular formula is C20H20O3. The number of fused-ring (bicyclic) bond motifs is 1. The van der Waals surface area contributed by atoms with Gasteiger partial charge in [-0.15, -0.1) is 0 Å². The average molecular weight is 308 g/mol. The highest BCUT2D eigenvalue weighted by Gasteiger charge is 2.53. The Morgan fingerprint density at radius 1 is 1.09 bits per heavy atom. The molecule has 1 atom stereocenters. The van der Waals surface area contributed by atoms with Crippen LogP contribution in [0.2, 0.25) is 0 Å². The normalized spacial score (nSPS) is 19.5. The summed E-state index contributed by atoms with van der Waals surface area (Å²) in [5.41, 5.74) is 3.49. The van der Waals surface area contributed by atoms with Crippen LogP contribution in [-0.2, 0) is 22.4 Å². The van der Waals surface area contributed by atoms with E-state index in [2.05, 4.69) is 0 Å². The molecule has 0 unspecified atom stereocenters. The maximum atomic E-state index is 13.2. The number of benzene rings is 2. The monoisotopic (exact) mass is 308 g/mol. The van der Waals surface area contributed by atoms with E-state index in [1.165, 1.54) is 7.11 Å². The lowest BCUT2D eigenvalue weighted by molar-refractivity contribution is -0.149. The Bertz CT molecular complexity index is 777. The van der Waals surface area contributed by atoms with Crippen LogP contribution in [0, 0.1) is 19.3 Å². The van der Waals surface area contributed by atoms with Crippen molar-refractivity contribution >= 4 is 11.8 Å². The molecule has 3 rings (SSSR count). The smallest absolute Gasteiger partial charge is 0.320 e. The van der Waals surface area contributed by atoms with Crippen LogP contribution >= 0.6 is 0 Å². The van der Waals surface area contributed by atoms with Crippen LogP contribution in [-0.4, -0.2) is 18.9 Å². The Morgan fingerprint density at radius 2 is 1.74 bits per heavy atom. The van der Waals surface area contributed by atoms with Crippen molar-refractivity contribution in [3.63, 3.8) is 0 Å². The second kappa shape index (κ2) is 5.65. The first-order valence-electron chi connectivity index (χ1n) is 7.76. The van der Waals surface area contributed by atoms with Crippen LogP contribution < -0.4 is 0 Å². The highest BCUT2D eigenvalue weighted by atomic mass is 16.5. The van der Waals surface area contributed by atoms with E-state index in [1.54, 1.807) is 0 Å². The van der Waals surface area contributed by atoms with E-state index < -0.39 is 11.4 Å². The van der Waals surface area contributed by atoms with Crippen LogP contribution in [0.1, 0.15) is 32.6 Å². The minimum absolute atomic E-state index is 0.107. The standard InChI is InChI=1S/C20H20O3/c1-13-9-10-14(2)17-16(13)12-20(18(17)21,19(22)23-3)11-15-7-5-4-6-8-15/h4-10H,11-12H2,1-3H3/t20-/m0/s1.